The van der Waals surface area contributed by atoms with Crippen LogP contribution in [0.25, 0.3) is 0 Å². The fraction of sp³-hybridized carbons (Fsp3) is 1.00. The van der Waals surface area contributed by atoms with Crippen LogP contribution < -0.4 is 0 Å². The Labute approximate surface area is 101 Å². The van der Waals surface area contributed by atoms with E-state index in [1.807, 2.05) is 0 Å². The lowest BCUT2D eigenvalue weighted by molar-refractivity contribution is 0.00578. The monoisotopic (exact) mass is 226 g/mol. The smallest absolute Gasteiger partial charge is 0.403 e. The van der Waals surface area contributed by atoms with E-state index in [0.29, 0.717) is 11.3 Å². The van der Waals surface area contributed by atoms with Gasteiger partial charge in [0.15, 0.2) is 0 Å². The standard InChI is InChI=1S/C13H27BO2/c1-10(11(2,3)4)9-14-15-12(5,6)13(7,8)16-14/h10H,9H2,1-8H3/t10-/m0/s1. The van der Waals surface area contributed by atoms with Crippen molar-refractivity contribution in [2.24, 2.45) is 11.3 Å². The van der Waals surface area contributed by atoms with E-state index in [1.54, 1.807) is 0 Å². The predicted octanol–water partition coefficient (Wildman–Crippen LogP) is 3.76. The molecule has 1 fully saturated rings. The number of hydrogen-bond acceptors (Lipinski definition) is 2. The minimum absolute atomic E-state index is 0.0563. The lowest BCUT2D eigenvalue weighted by atomic mass is 9.68. The van der Waals surface area contributed by atoms with Gasteiger partial charge in [0, 0.05) is 0 Å². The summed E-state index contributed by atoms with van der Waals surface area (Å²) < 4.78 is 12.0. The van der Waals surface area contributed by atoms with E-state index < -0.39 is 0 Å². The molecule has 1 heterocycles. The summed E-state index contributed by atoms with van der Waals surface area (Å²) in [5.41, 5.74) is -0.0891. The molecule has 1 aliphatic rings. The van der Waals surface area contributed by atoms with E-state index >= 15 is 0 Å². The van der Waals surface area contributed by atoms with E-state index in [-0.39, 0.29) is 18.3 Å². The quantitative estimate of drug-likeness (QED) is 0.667. The minimum Gasteiger partial charge on any atom is -0.403 e. The minimum atomic E-state index is -0.199. The molecule has 0 N–H and O–H groups in total. The summed E-state index contributed by atoms with van der Waals surface area (Å²) in [4.78, 5) is 0. The van der Waals surface area contributed by atoms with Crippen molar-refractivity contribution >= 4 is 7.12 Å². The second kappa shape index (κ2) is 4.02. The lowest BCUT2D eigenvalue weighted by Gasteiger charge is -2.32. The largest absolute Gasteiger partial charge is 0.458 e. The van der Waals surface area contributed by atoms with Gasteiger partial charge < -0.3 is 9.31 Å². The van der Waals surface area contributed by atoms with Crippen molar-refractivity contribution in [3.63, 3.8) is 0 Å². The Hall–Kier alpha value is -0.0151. The van der Waals surface area contributed by atoms with Gasteiger partial charge in [0.1, 0.15) is 0 Å². The maximum atomic E-state index is 6.01. The van der Waals surface area contributed by atoms with Crippen LogP contribution >= 0.6 is 0 Å². The van der Waals surface area contributed by atoms with Crippen molar-refractivity contribution in [2.75, 3.05) is 0 Å². The first-order chi connectivity index (χ1) is 6.96. The van der Waals surface area contributed by atoms with Gasteiger partial charge in [-0.1, -0.05) is 27.7 Å². The Morgan fingerprint density at radius 3 is 1.69 bits per heavy atom. The Morgan fingerprint density at radius 1 is 1.00 bits per heavy atom. The van der Waals surface area contributed by atoms with Crippen molar-refractivity contribution in [2.45, 2.75) is 72.9 Å². The van der Waals surface area contributed by atoms with Crippen LogP contribution in [0.2, 0.25) is 6.32 Å². The first kappa shape index (κ1) is 14.0. The molecule has 0 saturated carbocycles. The molecule has 0 aromatic carbocycles. The van der Waals surface area contributed by atoms with Gasteiger partial charge in [-0.25, -0.2) is 0 Å². The van der Waals surface area contributed by atoms with E-state index in [9.17, 15) is 0 Å². The molecule has 0 aromatic rings. The molecule has 0 radical (unpaired) electrons. The molecule has 1 atom stereocenters. The van der Waals surface area contributed by atoms with Gasteiger partial charge in [0.2, 0.25) is 0 Å². The van der Waals surface area contributed by atoms with Crippen LogP contribution in [0, 0.1) is 11.3 Å². The van der Waals surface area contributed by atoms with Crippen LogP contribution in [0.3, 0.4) is 0 Å². The third-order valence-corrected chi connectivity index (χ3v) is 4.33. The molecule has 2 nitrogen and oxygen atoms in total. The maximum absolute atomic E-state index is 6.01. The molecule has 0 bridgehead atoms. The van der Waals surface area contributed by atoms with E-state index in [1.165, 1.54) is 0 Å². The maximum Gasteiger partial charge on any atom is 0.458 e. The van der Waals surface area contributed by atoms with Crippen LogP contribution in [0.15, 0.2) is 0 Å². The predicted molar refractivity (Wildman–Crippen MR) is 69.5 cm³/mol. The van der Waals surface area contributed by atoms with Gasteiger partial charge in [-0.3, -0.25) is 0 Å². The molecule has 0 aromatic heterocycles. The third-order valence-electron chi connectivity index (χ3n) is 4.33. The zero-order valence-electron chi connectivity index (χ0n) is 12.2. The zero-order chi connectivity index (χ0) is 12.8. The molecule has 1 saturated heterocycles. The Morgan fingerprint density at radius 2 is 1.38 bits per heavy atom. The van der Waals surface area contributed by atoms with Gasteiger partial charge in [-0.2, -0.15) is 0 Å². The van der Waals surface area contributed by atoms with E-state index in [4.69, 9.17) is 9.31 Å². The normalized spacial score (nSPS) is 25.9. The molecule has 3 heteroatoms. The van der Waals surface area contributed by atoms with Crippen LogP contribution in [-0.4, -0.2) is 18.3 Å². The van der Waals surface area contributed by atoms with Crippen molar-refractivity contribution in [1.29, 1.82) is 0 Å². The fourth-order valence-electron chi connectivity index (χ4n) is 1.70. The highest BCUT2D eigenvalue weighted by molar-refractivity contribution is 6.45. The van der Waals surface area contributed by atoms with Crippen molar-refractivity contribution < 1.29 is 9.31 Å². The molecule has 1 rings (SSSR count). The van der Waals surface area contributed by atoms with Gasteiger partial charge in [-0.15, -0.1) is 0 Å². The van der Waals surface area contributed by atoms with Gasteiger partial charge in [-0.05, 0) is 45.3 Å². The zero-order valence-corrected chi connectivity index (χ0v) is 12.2. The first-order valence-corrected chi connectivity index (χ1v) is 6.31. The van der Waals surface area contributed by atoms with Crippen molar-refractivity contribution in [3.8, 4) is 0 Å². The first-order valence-electron chi connectivity index (χ1n) is 6.31. The highest BCUT2D eigenvalue weighted by Crippen LogP contribution is 2.40. The third kappa shape index (κ3) is 2.81. The number of rotatable bonds is 2. The molecule has 0 amide bonds. The molecular weight excluding hydrogens is 199 g/mol. The molecule has 0 aliphatic carbocycles. The molecule has 1 aliphatic heterocycles. The topological polar surface area (TPSA) is 18.5 Å². The SMILES string of the molecule is C[C@@H](CB1OC(C)(C)C(C)(C)O1)C(C)(C)C. The number of hydrogen-bond donors (Lipinski definition) is 0. The van der Waals surface area contributed by atoms with Crippen LogP contribution in [0.5, 0.6) is 0 Å². The lowest BCUT2D eigenvalue weighted by Crippen LogP contribution is -2.41. The Balaban J connectivity index is 2.61. The molecule has 0 spiro atoms. The van der Waals surface area contributed by atoms with Crippen LogP contribution in [0.1, 0.15) is 55.4 Å². The highest BCUT2D eigenvalue weighted by Gasteiger charge is 2.51. The summed E-state index contributed by atoms with van der Waals surface area (Å²) in [6, 6.07) is 0. The average molecular weight is 226 g/mol. The Bertz CT molecular complexity index is 237. The fourth-order valence-corrected chi connectivity index (χ4v) is 1.70. The summed E-state index contributed by atoms with van der Waals surface area (Å²) in [7, 11) is -0.0563. The van der Waals surface area contributed by atoms with Gasteiger partial charge >= 0.3 is 7.12 Å². The van der Waals surface area contributed by atoms with Gasteiger partial charge in [0.05, 0.1) is 11.2 Å². The summed E-state index contributed by atoms with van der Waals surface area (Å²) in [5, 5.41) is 0. The van der Waals surface area contributed by atoms with Crippen LogP contribution in [-0.2, 0) is 9.31 Å². The summed E-state index contributed by atoms with van der Waals surface area (Å²) in [6.45, 7) is 17.5. The highest BCUT2D eigenvalue weighted by atomic mass is 16.7. The van der Waals surface area contributed by atoms with Gasteiger partial charge in [0.25, 0.3) is 0 Å². The van der Waals surface area contributed by atoms with E-state index in [2.05, 4.69) is 55.4 Å². The molecular formula is C13H27BO2. The second-order valence-corrected chi connectivity index (χ2v) is 7.19. The van der Waals surface area contributed by atoms with Crippen LogP contribution in [0.4, 0.5) is 0 Å². The second-order valence-electron chi connectivity index (χ2n) is 7.19. The average Bonchev–Trinajstić information content (AvgIpc) is 2.17. The Kier molecular flexibility index (Phi) is 3.53. The molecule has 0 unspecified atom stereocenters. The van der Waals surface area contributed by atoms with Crippen molar-refractivity contribution in [3.05, 3.63) is 0 Å². The summed E-state index contributed by atoms with van der Waals surface area (Å²) in [5.74, 6) is 0.585. The van der Waals surface area contributed by atoms with Crippen molar-refractivity contribution in [1.82, 2.24) is 0 Å². The van der Waals surface area contributed by atoms with E-state index in [0.717, 1.165) is 6.32 Å². The summed E-state index contributed by atoms with van der Waals surface area (Å²) >= 11 is 0. The summed E-state index contributed by atoms with van der Waals surface area (Å²) in [6.07, 6.45) is 0.969. The molecule has 16 heavy (non-hydrogen) atoms. The molecule has 94 valence electrons.